The molecule has 1 atom stereocenters. The van der Waals surface area contributed by atoms with E-state index in [4.69, 9.17) is 5.11 Å². The van der Waals surface area contributed by atoms with Crippen molar-refractivity contribution in [2.75, 3.05) is 0 Å². The maximum absolute atomic E-state index is 12.0. The van der Waals surface area contributed by atoms with Crippen molar-refractivity contribution in [2.24, 2.45) is 5.41 Å². The first-order valence-electron chi connectivity index (χ1n) is 5.69. The van der Waals surface area contributed by atoms with Gasteiger partial charge < -0.3 is 10.4 Å². The third-order valence-corrected chi connectivity index (χ3v) is 4.06. The summed E-state index contributed by atoms with van der Waals surface area (Å²) in [5.74, 6) is -1.14. The van der Waals surface area contributed by atoms with Gasteiger partial charge in [-0.3, -0.25) is 4.79 Å². The Kier molecular flexibility index (Phi) is 3.26. The van der Waals surface area contributed by atoms with Gasteiger partial charge in [0.15, 0.2) is 0 Å². The Morgan fingerprint density at radius 2 is 2.22 bits per heavy atom. The smallest absolute Gasteiger partial charge is 0.328 e. The molecule has 0 spiro atoms. The van der Waals surface area contributed by atoms with Gasteiger partial charge in [0.05, 0.1) is 4.88 Å². The molecular weight excluding hydrogens is 250 g/mol. The number of carbonyl (C=O) groups excluding carboxylic acids is 1. The Balaban J connectivity index is 2.07. The molecule has 1 aromatic heterocycles. The quantitative estimate of drug-likeness (QED) is 0.821. The van der Waals surface area contributed by atoms with Crippen molar-refractivity contribution >= 4 is 29.3 Å². The standard InChI is InChI=1S/C13H15NO3S/c1-13(2)7-9(13)14-12(17)11-8(5-6-18-11)3-4-10(15)16/h3-6,9H,7H2,1-2H3,(H,14,17)(H,15,16). The Morgan fingerprint density at radius 1 is 1.56 bits per heavy atom. The van der Waals surface area contributed by atoms with E-state index >= 15 is 0 Å². The summed E-state index contributed by atoms with van der Waals surface area (Å²) < 4.78 is 0. The van der Waals surface area contributed by atoms with Crippen molar-refractivity contribution in [3.8, 4) is 0 Å². The fourth-order valence-electron chi connectivity index (χ4n) is 1.73. The van der Waals surface area contributed by atoms with Gasteiger partial charge in [-0.15, -0.1) is 11.3 Å². The maximum atomic E-state index is 12.0. The van der Waals surface area contributed by atoms with Crippen molar-refractivity contribution in [2.45, 2.75) is 26.3 Å². The van der Waals surface area contributed by atoms with Gasteiger partial charge in [-0.05, 0) is 34.9 Å². The second kappa shape index (κ2) is 4.57. The lowest BCUT2D eigenvalue weighted by molar-refractivity contribution is -0.131. The minimum Gasteiger partial charge on any atom is -0.478 e. The number of hydrogen-bond acceptors (Lipinski definition) is 3. The molecule has 96 valence electrons. The second-order valence-electron chi connectivity index (χ2n) is 5.10. The van der Waals surface area contributed by atoms with Gasteiger partial charge in [0.1, 0.15) is 0 Å². The highest BCUT2D eigenvalue weighted by atomic mass is 32.1. The number of carboxylic acid groups (broad SMARTS) is 1. The van der Waals surface area contributed by atoms with Gasteiger partial charge in [0, 0.05) is 12.1 Å². The number of carboxylic acids is 1. The largest absolute Gasteiger partial charge is 0.478 e. The molecule has 0 aliphatic heterocycles. The predicted molar refractivity (Wildman–Crippen MR) is 70.6 cm³/mol. The Hall–Kier alpha value is -1.62. The fourth-order valence-corrected chi connectivity index (χ4v) is 2.52. The second-order valence-corrected chi connectivity index (χ2v) is 6.01. The van der Waals surface area contributed by atoms with Gasteiger partial charge in [-0.1, -0.05) is 13.8 Å². The van der Waals surface area contributed by atoms with E-state index in [-0.39, 0.29) is 17.4 Å². The number of amides is 1. The molecule has 1 fully saturated rings. The van der Waals surface area contributed by atoms with Crippen LogP contribution in [0.1, 0.15) is 35.5 Å². The molecule has 1 unspecified atom stereocenters. The zero-order valence-electron chi connectivity index (χ0n) is 10.3. The van der Waals surface area contributed by atoms with Crippen LogP contribution in [0.4, 0.5) is 0 Å². The summed E-state index contributed by atoms with van der Waals surface area (Å²) >= 11 is 1.32. The van der Waals surface area contributed by atoms with E-state index in [1.54, 1.807) is 11.4 Å². The highest BCUT2D eigenvalue weighted by Gasteiger charge is 2.46. The molecule has 1 aliphatic rings. The minimum atomic E-state index is -1.02. The normalized spacial score (nSPS) is 20.9. The van der Waals surface area contributed by atoms with E-state index < -0.39 is 5.97 Å². The first kappa shape index (κ1) is 12.8. The first-order chi connectivity index (χ1) is 8.40. The zero-order chi connectivity index (χ0) is 13.3. The van der Waals surface area contributed by atoms with Gasteiger partial charge in [-0.2, -0.15) is 0 Å². The monoisotopic (exact) mass is 265 g/mol. The molecule has 1 heterocycles. The predicted octanol–water partition coefficient (Wildman–Crippen LogP) is 2.37. The molecule has 1 amide bonds. The van der Waals surface area contributed by atoms with Crippen LogP contribution in [-0.4, -0.2) is 23.0 Å². The summed E-state index contributed by atoms with van der Waals surface area (Å²) in [6.07, 6.45) is 3.48. The number of aliphatic carboxylic acids is 1. The van der Waals surface area contributed by atoms with Crippen LogP contribution in [0.2, 0.25) is 0 Å². The third-order valence-electron chi connectivity index (χ3n) is 3.13. The minimum absolute atomic E-state index is 0.120. The van der Waals surface area contributed by atoms with Crippen LogP contribution >= 0.6 is 11.3 Å². The average Bonchev–Trinajstić information content (AvgIpc) is 2.73. The molecule has 0 bridgehead atoms. The number of nitrogens with one attached hydrogen (secondary N) is 1. The molecule has 1 aromatic rings. The lowest BCUT2D eigenvalue weighted by Crippen LogP contribution is -2.28. The molecule has 4 nitrogen and oxygen atoms in total. The van der Waals surface area contributed by atoms with E-state index in [9.17, 15) is 9.59 Å². The molecule has 0 radical (unpaired) electrons. The SMILES string of the molecule is CC1(C)CC1NC(=O)c1sccc1C=CC(=O)O. The molecule has 5 heteroatoms. The van der Waals surface area contributed by atoms with E-state index in [0.29, 0.717) is 10.4 Å². The average molecular weight is 265 g/mol. The van der Waals surface area contributed by atoms with Crippen molar-refractivity contribution in [1.29, 1.82) is 0 Å². The van der Waals surface area contributed by atoms with E-state index in [0.717, 1.165) is 12.5 Å². The summed E-state index contributed by atoms with van der Waals surface area (Å²) in [4.78, 5) is 23.1. The molecule has 18 heavy (non-hydrogen) atoms. The van der Waals surface area contributed by atoms with Crippen LogP contribution in [0.15, 0.2) is 17.5 Å². The Labute approximate surface area is 109 Å². The van der Waals surface area contributed by atoms with Crippen molar-refractivity contribution in [1.82, 2.24) is 5.32 Å². The Morgan fingerprint density at radius 3 is 2.78 bits per heavy atom. The van der Waals surface area contributed by atoms with Crippen molar-refractivity contribution in [3.63, 3.8) is 0 Å². The van der Waals surface area contributed by atoms with E-state index in [2.05, 4.69) is 19.2 Å². The van der Waals surface area contributed by atoms with Crippen LogP contribution in [0.3, 0.4) is 0 Å². The molecule has 0 saturated heterocycles. The van der Waals surface area contributed by atoms with Gasteiger partial charge in [0.25, 0.3) is 5.91 Å². The van der Waals surface area contributed by atoms with Crippen LogP contribution in [0, 0.1) is 5.41 Å². The van der Waals surface area contributed by atoms with Crippen LogP contribution in [0.25, 0.3) is 6.08 Å². The summed E-state index contributed by atoms with van der Waals surface area (Å²) in [5.41, 5.74) is 0.836. The first-order valence-corrected chi connectivity index (χ1v) is 6.57. The van der Waals surface area contributed by atoms with Crippen molar-refractivity contribution < 1.29 is 14.7 Å². The van der Waals surface area contributed by atoms with Crippen molar-refractivity contribution in [3.05, 3.63) is 28.0 Å². The lowest BCUT2D eigenvalue weighted by atomic mass is 10.2. The molecule has 1 aliphatic carbocycles. The number of rotatable bonds is 4. The summed E-state index contributed by atoms with van der Waals surface area (Å²) in [7, 11) is 0. The van der Waals surface area contributed by atoms with E-state index in [1.807, 2.05) is 0 Å². The summed E-state index contributed by atoms with van der Waals surface area (Å²) in [6, 6.07) is 1.97. The molecule has 2 rings (SSSR count). The maximum Gasteiger partial charge on any atom is 0.328 e. The summed E-state index contributed by atoms with van der Waals surface area (Å²) in [6.45, 7) is 4.22. The lowest BCUT2D eigenvalue weighted by Gasteiger charge is -2.06. The zero-order valence-corrected chi connectivity index (χ0v) is 11.1. The molecular formula is C13H15NO3S. The molecule has 1 saturated carbocycles. The number of hydrogen-bond donors (Lipinski definition) is 2. The number of carbonyl (C=O) groups is 2. The Bertz CT molecular complexity index is 516. The van der Waals surface area contributed by atoms with Gasteiger partial charge in [0.2, 0.25) is 0 Å². The topological polar surface area (TPSA) is 66.4 Å². The highest BCUT2D eigenvalue weighted by Crippen LogP contribution is 2.44. The fraction of sp³-hybridized carbons (Fsp3) is 0.385. The molecule has 2 N–H and O–H groups in total. The summed E-state index contributed by atoms with van der Waals surface area (Å²) in [5, 5.41) is 13.3. The van der Waals surface area contributed by atoms with Crippen LogP contribution in [0.5, 0.6) is 0 Å². The van der Waals surface area contributed by atoms with Gasteiger partial charge in [-0.25, -0.2) is 4.79 Å². The van der Waals surface area contributed by atoms with Gasteiger partial charge >= 0.3 is 5.97 Å². The number of thiophene rings is 1. The third kappa shape index (κ3) is 2.79. The highest BCUT2D eigenvalue weighted by molar-refractivity contribution is 7.12. The van der Waals surface area contributed by atoms with Crippen LogP contribution < -0.4 is 5.32 Å². The molecule has 0 aromatic carbocycles. The van der Waals surface area contributed by atoms with Crippen LogP contribution in [-0.2, 0) is 4.79 Å². The van der Waals surface area contributed by atoms with E-state index in [1.165, 1.54) is 17.4 Å².